The number of hydrogen-bond donors (Lipinski definition) is 0. The van der Waals surface area contributed by atoms with Crippen molar-refractivity contribution in [2.24, 2.45) is 0 Å². The van der Waals surface area contributed by atoms with Gasteiger partial charge >= 0.3 is 5.00 Å². The van der Waals surface area contributed by atoms with E-state index in [1.165, 1.54) is 11.3 Å². The Bertz CT molecular complexity index is 496. The van der Waals surface area contributed by atoms with Crippen molar-refractivity contribution < 1.29 is 14.4 Å². The maximum Gasteiger partial charge on any atom is 0.324 e. The van der Waals surface area contributed by atoms with Gasteiger partial charge in [0.1, 0.15) is 0 Å². The SMILES string of the molecule is CC1COC2(CCN(Cc3csc([N+](=O)[O-])c3)CC2)O1. The zero-order valence-corrected chi connectivity index (χ0v) is 12.2. The van der Waals surface area contributed by atoms with Crippen molar-refractivity contribution >= 4 is 16.3 Å². The van der Waals surface area contributed by atoms with Crippen molar-refractivity contribution in [3.63, 3.8) is 0 Å². The van der Waals surface area contributed by atoms with Crippen LogP contribution in [-0.2, 0) is 16.0 Å². The number of nitrogens with zero attached hydrogens (tertiary/aromatic N) is 2. The number of thiophene rings is 1. The van der Waals surface area contributed by atoms with Crippen molar-refractivity contribution in [3.8, 4) is 0 Å². The zero-order chi connectivity index (χ0) is 14.2. The molecule has 1 aromatic rings. The number of hydrogen-bond acceptors (Lipinski definition) is 6. The molecule has 2 saturated heterocycles. The minimum atomic E-state index is -0.378. The van der Waals surface area contributed by atoms with Crippen molar-refractivity contribution in [1.29, 1.82) is 0 Å². The molecule has 3 rings (SSSR count). The lowest BCUT2D eigenvalue weighted by Crippen LogP contribution is -2.44. The largest absolute Gasteiger partial charge is 0.347 e. The lowest BCUT2D eigenvalue weighted by Gasteiger charge is -2.37. The van der Waals surface area contributed by atoms with Crippen LogP contribution in [0.2, 0.25) is 0 Å². The van der Waals surface area contributed by atoms with Crippen molar-refractivity contribution in [3.05, 3.63) is 27.1 Å². The summed E-state index contributed by atoms with van der Waals surface area (Å²) < 4.78 is 11.7. The predicted molar refractivity (Wildman–Crippen MR) is 74.7 cm³/mol. The minimum absolute atomic E-state index is 0.182. The molecule has 2 aliphatic heterocycles. The lowest BCUT2D eigenvalue weighted by molar-refractivity contribution is -0.380. The van der Waals surface area contributed by atoms with Crippen LogP contribution in [0.25, 0.3) is 0 Å². The summed E-state index contributed by atoms with van der Waals surface area (Å²) in [7, 11) is 0. The van der Waals surface area contributed by atoms with Gasteiger partial charge in [-0.25, -0.2) is 0 Å². The molecule has 20 heavy (non-hydrogen) atoms. The van der Waals surface area contributed by atoms with Gasteiger partial charge in [-0.2, -0.15) is 0 Å². The molecule has 0 amide bonds. The summed E-state index contributed by atoms with van der Waals surface area (Å²) in [6.45, 7) is 5.27. The lowest BCUT2D eigenvalue weighted by atomic mass is 10.0. The molecule has 0 aliphatic carbocycles. The number of nitro groups is 1. The third-order valence-corrected chi connectivity index (χ3v) is 4.77. The summed E-state index contributed by atoms with van der Waals surface area (Å²) in [5.41, 5.74) is 1.01. The van der Waals surface area contributed by atoms with Crippen LogP contribution in [0, 0.1) is 10.1 Å². The van der Waals surface area contributed by atoms with Gasteiger partial charge in [0.15, 0.2) is 5.79 Å². The minimum Gasteiger partial charge on any atom is -0.347 e. The Balaban J connectivity index is 1.54. The molecule has 0 bridgehead atoms. The molecule has 3 heterocycles. The summed E-state index contributed by atoms with van der Waals surface area (Å²) >= 11 is 1.19. The van der Waals surface area contributed by atoms with Gasteiger partial charge in [-0.3, -0.25) is 15.0 Å². The van der Waals surface area contributed by atoms with E-state index in [9.17, 15) is 10.1 Å². The molecule has 2 fully saturated rings. The normalized spacial score (nSPS) is 26.1. The Kier molecular flexibility index (Phi) is 3.76. The van der Waals surface area contributed by atoms with Crippen molar-refractivity contribution in [1.82, 2.24) is 4.90 Å². The standard InChI is InChI=1S/C13H18N2O4S/c1-10-8-18-13(19-10)2-4-14(5-3-13)7-11-6-12(15(16)17)20-9-11/h6,9-10H,2-5,7-8H2,1H3. The van der Waals surface area contributed by atoms with E-state index in [1.54, 1.807) is 6.07 Å². The Morgan fingerprint density at radius 2 is 2.30 bits per heavy atom. The van der Waals surface area contributed by atoms with Gasteiger partial charge in [-0.05, 0) is 12.5 Å². The van der Waals surface area contributed by atoms with Crippen LogP contribution in [-0.4, -0.2) is 41.4 Å². The highest BCUT2D eigenvalue weighted by atomic mass is 32.1. The van der Waals surface area contributed by atoms with Crippen LogP contribution >= 0.6 is 11.3 Å². The van der Waals surface area contributed by atoms with Crippen LogP contribution in [0.5, 0.6) is 0 Å². The van der Waals surface area contributed by atoms with E-state index in [0.29, 0.717) is 6.61 Å². The van der Waals surface area contributed by atoms with Crippen molar-refractivity contribution in [2.75, 3.05) is 19.7 Å². The Morgan fingerprint density at radius 3 is 2.85 bits per heavy atom. The van der Waals surface area contributed by atoms with Gasteiger partial charge in [0.2, 0.25) is 0 Å². The van der Waals surface area contributed by atoms with Gasteiger partial charge in [-0.1, -0.05) is 11.3 Å². The van der Waals surface area contributed by atoms with E-state index < -0.39 is 0 Å². The average Bonchev–Trinajstić information content (AvgIpc) is 3.01. The quantitative estimate of drug-likeness (QED) is 0.633. The third kappa shape index (κ3) is 2.85. The highest BCUT2D eigenvalue weighted by molar-refractivity contribution is 7.13. The zero-order valence-electron chi connectivity index (χ0n) is 11.4. The molecular weight excluding hydrogens is 280 g/mol. The van der Waals surface area contributed by atoms with Gasteiger partial charge in [0.05, 0.1) is 17.6 Å². The van der Waals surface area contributed by atoms with Crippen LogP contribution < -0.4 is 0 Å². The molecule has 110 valence electrons. The highest BCUT2D eigenvalue weighted by Gasteiger charge is 2.42. The summed E-state index contributed by atoms with van der Waals surface area (Å²) in [6.07, 6.45) is 1.91. The van der Waals surface area contributed by atoms with E-state index in [-0.39, 0.29) is 21.8 Å². The summed E-state index contributed by atoms with van der Waals surface area (Å²) in [5.74, 6) is -0.378. The fraction of sp³-hybridized carbons (Fsp3) is 0.692. The number of likely N-dealkylation sites (tertiary alicyclic amines) is 1. The molecule has 1 aromatic heterocycles. The van der Waals surface area contributed by atoms with Gasteiger partial charge in [0, 0.05) is 43.9 Å². The number of piperidine rings is 1. The van der Waals surface area contributed by atoms with Gasteiger partial charge in [-0.15, -0.1) is 0 Å². The first-order valence-electron chi connectivity index (χ1n) is 6.82. The topological polar surface area (TPSA) is 64.8 Å². The molecular formula is C13H18N2O4S. The smallest absolute Gasteiger partial charge is 0.324 e. The first-order valence-corrected chi connectivity index (χ1v) is 7.70. The highest BCUT2D eigenvalue weighted by Crippen LogP contribution is 2.34. The van der Waals surface area contributed by atoms with Gasteiger partial charge < -0.3 is 9.47 Å². The Labute approximate surface area is 121 Å². The van der Waals surface area contributed by atoms with E-state index in [2.05, 4.69) is 4.90 Å². The molecule has 0 N–H and O–H groups in total. The van der Waals surface area contributed by atoms with Crippen LogP contribution in [0.1, 0.15) is 25.3 Å². The van der Waals surface area contributed by atoms with E-state index in [0.717, 1.165) is 38.0 Å². The molecule has 1 atom stereocenters. The fourth-order valence-corrected chi connectivity index (χ4v) is 3.54. The van der Waals surface area contributed by atoms with Crippen LogP contribution in [0.15, 0.2) is 11.4 Å². The van der Waals surface area contributed by atoms with Crippen molar-refractivity contribution in [2.45, 2.75) is 38.2 Å². The summed E-state index contributed by atoms with van der Waals surface area (Å²) in [5, 5.41) is 12.8. The van der Waals surface area contributed by atoms with E-state index in [4.69, 9.17) is 9.47 Å². The second-order valence-electron chi connectivity index (χ2n) is 5.48. The van der Waals surface area contributed by atoms with Crippen LogP contribution in [0.4, 0.5) is 5.00 Å². The molecule has 7 heteroatoms. The van der Waals surface area contributed by atoms with Crippen LogP contribution in [0.3, 0.4) is 0 Å². The monoisotopic (exact) mass is 298 g/mol. The maximum atomic E-state index is 10.7. The number of rotatable bonds is 3. The Morgan fingerprint density at radius 1 is 1.55 bits per heavy atom. The molecule has 6 nitrogen and oxygen atoms in total. The van der Waals surface area contributed by atoms with Gasteiger partial charge in [0.25, 0.3) is 0 Å². The Hall–Kier alpha value is -1.02. The first kappa shape index (κ1) is 13.9. The second kappa shape index (κ2) is 5.40. The summed E-state index contributed by atoms with van der Waals surface area (Å²) in [6, 6.07) is 1.67. The molecule has 0 radical (unpaired) electrons. The number of ether oxygens (including phenoxy) is 2. The molecule has 2 aliphatic rings. The van der Waals surface area contributed by atoms with E-state index in [1.807, 2.05) is 12.3 Å². The molecule has 1 unspecified atom stereocenters. The van der Waals surface area contributed by atoms with E-state index >= 15 is 0 Å². The predicted octanol–water partition coefficient (Wildman–Crippen LogP) is 2.38. The first-order chi connectivity index (χ1) is 9.56. The summed E-state index contributed by atoms with van der Waals surface area (Å²) in [4.78, 5) is 12.6. The maximum absolute atomic E-state index is 10.7. The fourth-order valence-electron chi connectivity index (χ4n) is 2.82. The second-order valence-corrected chi connectivity index (χ2v) is 6.37. The third-order valence-electron chi connectivity index (χ3n) is 3.84. The molecule has 1 spiro atoms. The average molecular weight is 298 g/mol. The molecule has 0 aromatic carbocycles. The molecule has 0 saturated carbocycles.